The Balaban J connectivity index is 1.11. The predicted molar refractivity (Wildman–Crippen MR) is 326 cm³/mol. The van der Waals surface area contributed by atoms with Crippen molar-refractivity contribution in [1.29, 1.82) is 0 Å². The Morgan fingerprint density at radius 1 is 0.906 bits per heavy atom. The van der Waals surface area contributed by atoms with Gasteiger partial charge in [0.1, 0.15) is 5.75 Å². The molecular formula is C66H91N5O12S2. The van der Waals surface area contributed by atoms with Gasteiger partial charge in [0.15, 0.2) is 17.5 Å². The van der Waals surface area contributed by atoms with Gasteiger partial charge in [-0.1, -0.05) is 71.1 Å². The molecule has 0 amide bonds. The number of aromatic hydroxyl groups is 1. The van der Waals surface area contributed by atoms with Crippen LogP contribution in [0.1, 0.15) is 134 Å². The summed E-state index contributed by atoms with van der Waals surface area (Å²) in [5.41, 5.74) is 9.28. The summed E-state index contributed by atoms with van der Waals surface area (Å²) in [5.74, 6) is 1.36. The fourth-order valence-electron chi connectivity index (χ4n) is 19.3. The standard InChI is InChI=1S/C66H91N5O12S2/c1-35-6-7-38-12-15-45-41(31-73)26-53(77)64(3,81)60-48(37(5-4-22-72)8-9-39(25-47(45)46(38)23-35)49-32-83-61(80)54(49)40-17-20-69-29-40)27-66(82)56-51(16-18-65(60,66)19-21-70-62(67)68)63(2)28-52(76)58(78)50-34-85-84-33-42(36-10-13-43(74)14-11-36)24-44(75)30-71-57(56)59(79)55(50)63/h10-14,17,20,29,35,37,39,41-42,45-55,58,60,69,71-74,76-78,81-82H,4-7,15-16,18-19,21-28,30-34H2,1-3H3,(H4,67,68,70)/t35-,37-,39-,41+,42+,45+,46-,47+,48+,49+,50+,51+,52+,53-,54-,55+,58-,60-,63-,64+,65+,66-/m1/s1. The van der Waals surface area contributed by atoms with Gasteiger partial charge >= 0.3 is 5.97 Å². The van der Waals surface area contributed by atoms with Crippen molar-refractivity contribution in [2.24, 2.45) is 104 Å². The first-order valence-electron chi connectivity index (χ1n) is 31.5. The van der Waals surface area contributed by atoms with E-state index in [0.717, 1.165) is 30.4 Å². The van der Waals surface area contributed by atoms with E-state index in [1.165, 1.54) is 27.2 Å². The molecule has 0 spiro atoms. The van der Waals surface area contributed by atoms with Crippen LogP contribution in [0.3, 0.4) is 0 Å². The third-order valence-electron chi connectivity index (χ3n) is 23.2. The fourth-order valence-corrected chi connectivity index (χ4v) is 22.1. The van der Waals surface area contributed by atoms with Crippen molar-refractivity contribution in [1.82, 2.24) is 10.3 Å². The smallest absolute Gasteiger partial charge is 0.313 e. The zero-order valence-electron chi connectivity index (χ0n) is 49.5. The zero-order valence-corrected chi connectivity index (χ0v) is 51.1. The van der Waals surface area contributed by atoms with E-state index in [1.807, 2.05) is 19.2 Å². The largest absolute Gasteiger partial charge is 0.508 e. The van der Waals surface area contributed by atoms with E-state index >= 15 is 4.79 Å². The van der Waals surface area contributed by atoms with Gasteiger partial charge in [-0.2, -0.15) is 0 Å². The Bertz CT molecular complexity index is 2940. The number of ether oxygens (including phenoxy) is 1. The minimum atomic E-state index is -2.02. The quantitative estimate of drug-likeness (QED) is 0.0331. The monoisotopic (exact) mass is 1210 g/mol. The Morgan fingerprint density at radius 3 is 2.41 bits per heavy atom. The summed E-state index contributed by atoms with van der Waals surface area (Å²) < 4.78 is 5.99. The number of nitrogens with one attached hydrogen (secondary N) is 2. The Kier molecular flexibility index (Phi) is 18.2. The molecule has 14 N–H and O–H groups in total. The molecule has 0 unspecified atom stereocenters. The maximum atomic E-state index is 16.2. The minimum Gasteiger partial charge on any atom is -0.508 e. The molecule has 2 aromatic rings. The Hall–Kier alpha value is -4.36. The summed E-state index contributed by atoms with van der Waals surface area (Å²) in [5, 5.41) is 102. The summed E-state index contributed by atoms with van der Waals surface area (Å²) in [6, 6.07) is 8.69. The summed E-state index contributed by atoms with van der Waals surface area (Å²) in [6.45, 7) is 5.36. The number of aliphatic hydroxyl groups excluding tert-OH is 5. The van der Waals surface area contributed by atoms with Gasteiger partial charge in [-0.05, 0) is 172 Å². The Morgan fingerprint density at radius 2 is 1.68 bits per heavy atom. The number of benzene rings is 1. The van der Waals surface area contributed by atoms with E-state index in [9.17, 15) is 50.4 Å². The number of nitrogens with two attached hydrogens (primary N) is 2. The van der Waals surface area contributed by atoms with Crippen molar-refractivity contribution in [3.8, 4) is 17.6 Å². The van der Waals surface area contributed by atoms with Crippen molar-refractivity contribution in [2.45, 2.75) is 152 Å². The first-order chi connectivity index (χ1) is 40.6. The number of guanidine groups is 1. The molecule has 11 rings (SSSR count). The van der Waals surface area contributed by atoms with E-state index in [0.29, 0.717) is 55.1 Å². The molecule has 19 heteroatoms. The number of carbonyl (C=O) groups is 3. The molecule has 9 aliphatic rings. The van der Waals surface area contributed by atoms with Crippen LogP contribution in [-0.2, 0) is 19.1 Å². The first kappa shape index (κ1) is 62.3. The number of phenolic OH excluding ortho intramolecular Hbond substituents is 1. The average Bonchev–Trinajstić information content (AvgIpc) is 1.62. The fraction of sp³-hybridized carbons (Fsp3) is 0.697. The molecular weight excluding hydrogens is 1120 g/mol. The lowest BCUT2D eigenvalue weighted by molar-refractivity contribution is -0.195. The number of hydrogen-bond acceptors (Lipinski definition) is 16. The van der Waals surface area contributed by atoms with Crippen molar-refractivity contribution >= 4 is 45.1 Å². The number of fused-ring (bicyclic) bond motifs is 10. The number of rotatable bonds is 10. The average molecular weight is 1210 g/mol. The van der Waals surface area contributed by atoms with E-state index in [-0.39, 0.29) is 136 Å². The number of carbonyl (C=O) groups excluding carboxylic acids is 3. The number of esters is 1. The summed E-state index contributed by atoms with van der Waals surface area (Å²) in [7, 11) is 3.03. The van der Waals surface area contributed by atoms with Crippen molar-refractivity contribution in [3.05, 3.63) is 76.8 Å². The van der Waals surface area contributed by atoms with Gasteiger partial charge in [-0.3, -0.25) is 19.4 Å². The number of Topliss-reactive ketones (excluding diaryl/α,β-unsaturated/α-hetero) is 2. The van der Waals surface area contributed by atoms with Crippen LogP contribution in [-0.4, -0.2) is 143 Å². The van der Waals surface area contributed by atoms with Gasteiger partial charge in [-0.25, -0.2) is 0 Å². The summed E-state index contributed by atoms with van der Waals surface area (Å²) in [6.07, 6.45) is 7.73. The van der Waals surface area contributed by atoms with Crippen LogP contribution < -0.4 is 16.8 Å². The van der Waals surface area contributed by atoms with Gasteiger partial charge in [-0.15, -0.1) is 0 Å². The predicted octanol–water partition coefficient (Wildman–Crippen LogP) is 5.85. The topological polar surface area (TPSA) is 315 Å². The maximum Gasteiger partial charge on any atom is 0.313 e. The molecule has 7 aliphatic carbocycles. The van der Waals surface area contributed by atoms with Gasteiger partial charge in [0.25, 0.3) is 0 Å². The lowest BCUT2D eigenvalue weighted by Gasteiger charge is -2.63. The second-order valence-electron chi connectivity index (χ2n) is 27.8. The molecule has 6 fully saturated rings. The first-order valence-corrected chi connectivity index (χ1v) is 34.0. The number of phenols is 1. The molecule has 4 saturated carbocycles. The van der Waals surface area contributed by atoms with Gasteiger partial charge < -0.3 is 67.4 Å². The number of ketones is 2. The number of cyclic esters (lactones) is 1. The van der Waals surface area contributed by atoms with Gasteiger partial charge in [0.05, 0.1) is 54.3 Å². The van der Waals surface area contributed by atoms with Gasteiger partial charge in [0, 0.05) is 96.9 Å². The van der Waals surface area contributed by atoms with Crippen LogP contribution in [0, 0.1) is 99.6 Å². The van der Waals surface area contributed by atoms with E-state index in [4.69, 9.17) is 16.2 Å². The lowest BCUT2D eigenvalue weighted by Crippen LogP contribution is -2.67. The molecule has 22 atom stereocenters. The number of aliphatic hydroxyl groups is 7. The molecule has 85 heavy (non-hydrogen) atoms. The van der Waals surface area contributed by atoms with Crippen molar-refractivity contribution in [2.75, 3.05) is 44.4 Å². The van der Waals surface area contributed by atoms with E-state index < -0.39 is 93.6 Å². The lowest BCUT2D eigenvalue weighted by atomic mass is 9.43. The minimum absolute atomic E-state index is 0.00357. The SMILES string of the molecule is C[C@@H]1CCC2=CC[C@H]3[C@H](CO)C[C@@H](O)[C@](C)(O)[C@H]4[C@@H](C[C@@]5(O)C6=C7NCC(=O)C[C@H](c8ccc(O)cc8)CSSC[C@@H]8[C@@H](O)[C@@H](O)C[C@@](C)([C@@H]8C7=O)[C@H]6CC[C@]45CCN=C(N)N)[C@H](CCCO)C#C[C@@H]([C@@H]4COC(=O)[C@@H]4c4cc[nH]c4)C[C@@H]3[C@@H]2C1. The zero-order chi connectivity index (χ0) is 60.3. The van der Waals surface area contributed by atoms with Crippen molar-refractivity contribution < 1.29 is 60.0 Å². The number of hydrogen-bond donors (Lipinski definition) is 12. The van der Waals surface area contributed by atoms with Crippen LogP contribution in [0.15, 0.2) is 70.6 Å². The van der Waals surface area contributed by atoms with Crippen LogP contribution >= 0.6 is 21.6 Å². The third kappa shape index (κ3) is 11.2. The number of aromatic amines is 1. The maximum absolute atomic E-state index is 16.2. The second-order valence-corrected chi connectivity index (χ2v) is 30.3. The molecule has 2 aliphatic heterocycles. The van der Waals surface area contributed by atoms with Crippen LogP contribution in [0.2, 0.25) is 0 Å². The van der Waals surface area contributed by atoms with E-state index in [2.05, 4.69) is 40.1 Å². The molecule has 3 heterocycles. The molecule has 1 aromatic carbocycles. The number of H-pyrrole nitrogens is 1. The highest BCUT2D eigenvalue weighted by atomic mass is 33.1. The van der Waals surface area contributed by atoms with Crippen molar-refractivity contribution in [3.63, 3.8) is 0 Å². The number of nitrogens with zero attached hydrogens (tertiary/aromatic N) is 1. The number of allylic oxidation sites excluding steroid dienone is 3. The third-order valence-corrected chi connectivity index (χ3v) is 25.8. The normalized spacial score (nSPS) is 43.0. The molecule has 464 valence electrons. The molecule has 17 nitrogen and oxygen atoms in total. The van der Waals surface area contributed by atoms with Crippen LogP contribution in [0.25, 0.3) is 0 Å². The highest BCUT2D eigenvalue weighted by molar-refractivity contribution is 8.76. The molecule has 2 bridgehead atoms. The van der Waals surface area contributed by atoms with Gasteiger partial charge in [0.2, 0.25) is 0 Å². The number of aliphatic imine (C=N–C) groups is 1. The van der Waals surface area contributed by atoms with Crippen LogP contribution in [0.5, 0.6) is 5.75 Å². The highest BCUT2D eigenvalue weighted by Gasteiger charge is 2.75. The molecule has 0 radical (unpaired) electrons. The second kappa shape index (κ2) is 24.9. The Labute approximate surface area is 507 Å². The highest BCUT2D eigenvalue weighted by Crippen LogP contribution is 2.73. The molecule has 2 saturated heterocycles. The van der Waals surface area contributed by atoms with E-state index in [1.54, 1.807) is 37.4 Å². The number of aromatic nitrogens is 1. The van der Waals surface area contributed by atoms with Crippen LogP contribution in [0.4, 0.5) is 0 Å². The summed E-state index contributed by atoms with van der Waals surface area (Å²) >= 11 is 0. The summed E-state index contributed by atoms with van der Waals surface area (Å²) in [4.78, 5) is 52.4. The molecule has 1 aromatic heterocycles.